The maximum absolute atomic E-state index is 12.5. The fraction of sp³-hybridized carbons (Fsp3) is 0.547. The summed E-state index contributed by atoms with van der Waals surface area (Å²) in [6.45, 7) is 33.3. The molecule has 1 aliphatic rings. The second-order valence-electron chi connectivity index (χ2n) is 16.5. The molecular weight excluding hydrogens is 906 g/mol. The zero-order valence-corrected chi connectivity index (χ0v) is 43.2. The Kier molecular flexibility index (Phi) is 33.1. The van der Waals surface area contributed by atoms with E-state index in [2.05, 4.69) is 63.8 Å². The Labute approximate surface area is 415 Å². The number of esters is 4. The van der Waals surface area contributed by atoms with Gasteiger partial charge in [0.15, 0.2) is 0 Å². The number of unbranched alkanes of at least 4 members (excludes halogenated alkanes) is 4. The summed E-state index contributed by atoms with van der Waals surface area (Å²) in [5.41, 5.74) is 1.78. The number of anilines is 1. The molecule has 3 rings (SSSR count). The molecule has 15 heteroatoms. The maximum atomic E-state index is 12.5. The third-order valence-corrected chi connectivity index (χ3v) is 11.4. The monoisotopic (exact) mass is 984 g/mol. The van der Waals surface area contributed by atoms with Gasteiger partial charge in [-0.1, -0.05) is 71.4 Å². The van der Waals surface area contributed by atoms with Crippen LogP contribution < -0.4 is 9.75 Å². The van der Waals surface area contributed by atoms with E-state index in [1.165, 1.54) is 6.08 Å². The zero-order valence-electron chi connectivity index (χ0n) is 41.6. The van der Waals surface area contributed by atoms with Crippen molar-refractivity contribution < 1.29 is 47.6 Å². The molecule has 378 valence electrons. The van der Waals surface area contributed by atoms with Crippen molar-refractivity contribution in [2.45, 2.75) is 137 Å². The fourth-order valence-electron chi connectivity index (χ4n) is 6.15. The van der Waals surface area contributed by atoms with Gasteiger partial charge in [-0.2, -0.15) is 5.10 Å². The van der Waals surface area contributed by atoms with Crippen molar-refractivity contribution in [3.63, 3.8) is 0 Å². The second kappa shape index (κ2) is 36.9. The van der Waals surface area contributed by atoms with Crippen LogP contribution in [-0.2, 0) is 38.1 Å². The highest BCUT2D eigenvalue weighted by molar-refractivity contribution is 7.16. The van der Waals surface area contributed by atoms with Gasteiger partial charge in [0.1, 0.15) is 17.6 Å². The minimum absolute atomic E-state index is 0.00611. The first-order valence-electron chi connectivity index (χ1n) is 23.8. The number of aromatic nitrogens is 1. The molecule has 13 nitrogen and oxygen atoms in total. The SMILES string of the molecule is C=C(C)C(=O)O[C@@H](C)CCC(C)C.C=CC(=C)OC(=O)C1CCC(OC(=O)c2ccc(OCCCCCCOC(=O)CCCl)cc2)CC1.C=Cc1nc(N(CCOCCCC)/N=C/C)sc1C=C. The summed E-state index contributed by atoms with van der Waals surface area (Å²) in [6.07, 6.45) is 17.1. The van der Waals surface area contributed by atoms with Gasteiger partial charge < -0.3 is 28.4 Å². The fourth-order valence-corrected chi connectivity index (χ4v) is 7.20. The number of carbonyl (C=O) groups is 4. The molecule has 0 unspecified atom stereocenters. The number of halogens is 1. The van der Waals surface area contributed by atoms with E-state index in [1.54, 1.807) is 60.9 Å². The number of ether oxygens (including phenoxy) is 6. The molecule has 0 amide bonds. The molecule has 1 atom stereocenters. The standard InChI is InChI=1S/C27H35ClO7.C15H23N3OS.C11H20O2/c1-3-20(2)34-26(30)21-10-14-24(15-11-21)35-27(31)22-8-12-23(13-9-22)32-18-6-4-5-7-19-33-25(29)16-17-28;1-5-9-11-19-12-10-18(16-8-4)15-17-13(6-2)14(7-3)20-15;1-8(2)6-7-10(5)13-11(12)9(3)4/h3,8-9,12-13,21,24H,1-2,4-7,10-11,14-19H2;6-8H,2-3,5,9-12H2,1,4H3;8,10H,3,6-7H2,1-2,4-5H3/b;16-8+;/t;;10-/m..0/s1. The Morgan fingerprint density at radius 1 is 0.912 bits per heavy atom. The summed E-state index contributed by atoms with van der Waals surface area (Å²) >= 11 is 7.04. The number of hydrogen-bond donors (Lipinski definition) is 0. The molecule has 68 heavy (non-hydrogen) atoms. The number of benzene rings is 1. The van der Waals surface area contributed by atoms with E-state index in [-0.39, 0.29) is 60.1 Å². The molecule has 1 saturated carbocycles. The van der Waals surface area contributed by atoms with Crippen LogP contribution in [0.5, 0.6) is 5.75 Å². The van der Waals surface area contributed by atoms with Gasteiger partial charge in [0.05, 0.1) is 60.9 Å². The third kappa shape index (κ3) is 27.1. The van der Waals surface area contributed by atoms with Crippen molar-refractivity contribution >= 4 is 70.3 Å². The molecule has 1 heterocycles. The molecule has 1 aromatic carbocycles. The smallest absolute Gasteiger partial charge is 0.338 e. The lowest BCUT2D eigenvalue weighted by atomic mass is 9.87. The van der Waals surface area contributed by atoms with E-state index in [0.29, 0.717) is 74.9 Å². The number of rotatable bonds is 30. The summed E-state index contributed by atoms with van der Waals surface area (Å²) in [6, 6.07) is 6.89. The van der Waals surface area contributed by atoms with Crippen molar-refractivity contribution in [3.8, 4) is 5.75 Å². The molecular formula is C53H78ClN3O10S. The first-order valence-corrected chi connectivity index (χ1v) is 25.1. The molecule has 0 saturated heterocycles. The molecule has 1 aromatic heterocycles. The largest absolute Gasteiger partial charge is 0.494 e. The van der Waals surface area contributed by atoms with Crippen LogP contribution in [-0.4, -0.2) is 86.1 Å². The lowest BCUT2D eigenvalue weighted by molar-refractivity contribution is -0.146. The molecule has 0 N–H and O–H groups in total. The van der Waals surface area contributed by atoms with Crippen LogP contribution in [0, 0.1) is 11.8 Å². The van der Waals surface area contributed by atoms with Gasteiger partial charge in [0.2, 0.25) is 5.13 Å². The van der Waals surface area contributed by atoms with Crippen molar-refractivity contribution in [1.29, 1.82) is 0 Å². The van der Waals surface area contributed by atoms with Crippen LogP contribution in [0.15, 0.2) is 79.7 Å². The van der Waals surface area contributed by atoms with E-state index < -0.39 is 0 Å². The minimum Gasteiger partial charge on any atom is -0.494 e. The van der Waals surface area contributed by atoms with Gasteiger partial charge in [-0.15, -0.1) is 11.6 Å². The van der Waals surface area contributed by atoms with Gasteiger partial charge in [-0.25, -0.2) is 19.6 Å². The molecule has 1 aliphatic carbocycles. The quantitative estimate of drug-likeness (QED) is 0.00843. The van der Waals surface area contributed by atoms with Gasteiger partial charge in [-0.05, 0) is 140 Å². The van der Waals surface area contributed by atoms with E-state index in [9.17, 15) is 19.2 Å². The average Bonchev–Trinajstić information content (AvgIpc) is 3.75. The average molecular weight is 985 g/mol. The summed E-state index contributed by atoms with van der Waals surface area (Å²) in [7, 11) is 0. The lowest BCUT2D eigenvalue weighted by Gasteiger charge is -2.27. The molecule has 1 fully saturated rings. The Morgan fingerprint density at radius 2 is 1.59 bits per heavy atom. The minimum atomic E-state index is -0.380. The Hall–Kier alpha value is -5.05. The Balaban J connectivity index is 0.000000587. The van der Waals surface area contributed by atoms with Gasteiger partial charge in [0.25, 0.3) is 0 Å². The van der Waals surface area contributed by atoms with Crippen LogP contribution in [0.4, 0.5) is 5.13 Å². The van der Waals surface area contributed by atoms with Crippen molar-refractivity contribution in [2.24, 2.45) is 16.9 Å². The van der Waals surface area contributed by atoms with Crippen LogP contribution in [0.25, 0.3) is 12.2 Å². The predicted molar refractivity (Wildman–Crippen MR) is 277 cm³/mol. The van der Waals surface area contributed by atoms with Crippen LogP contribution in [0.2, 0.25) is 0 Å². The van der Waals surface area contributed by atoms with E-state index >= 15 is 0 Å². The van der Waals surface area contributed by atoms with Crippen LogP contribution >= 0.6 is 22.9 Å². The van der Waals surface area contributed by atoms with E-state index in [0.717, 1.165) is 73.7 Å². The number of allylic oxidation sites excluding steroid dienone is 1. The van der Waals surface area contributed by atoms with Crippen molar-refractivity contribution in [1.82, 2.24) is 4.98 Å². The first kappa shape index (κ1) is 61.0. The number of alkyl halides is 1. The molecule has 2 aromatic rings. The Bertz CT molecular complexity index is 1850. The Morgan fingerprint density at radius 3 is 2.15 bits per heavy atom. The normalized spacial score (nSPS) is 14.5. The number of hydrogen-bond acceptors (Lipinski definition) is 14. The molecule has 0 radical (unpaired) electrons. The zero-order chi connectivity index (χ0) is 50.7. The number of carbonyl (C=O) groups excluding carboxylic acids is 4. The van der Waals surface area contributed by atoms with Gasteiger partial charge in [-0.3, -0.25) is 9.59 Å². The molecule has 0 aliphatic heterocycles. The third-order valence-electron chi connectivity index (χ3n) is 10.1. The number of nitrogens with zero attached hydrogens (tertiary/aromatic N) is 3. The molecule has 0 bridgehead atoms. The van der Waals surface area contributed by atoms with Crippen LogP contribution in [0.3, 0.4) is 0 Å². The van der Waals surface area contributed by atoms with E-state index in [4.69, 9.17) is 40.0 Å². The maximum Gasteiger partial charge on any atom is 0.338 e. The van der Waals surface area contributed by atoms with E-state index in [1.807, 2.05) is 18.9 Å². The number of thiazole rings is 1. The van der Waals surface area contributed by atoms with Crippen LogP contribution in [0.1, 0.15) is 146 Å². The predicted octanol–water partition coefficient (Wildman–Crippen LogP) is 12.7. The highest BCUT2D eigenvalue weighted by Crippen LogP contribution is 2.30. The first-order chi connectivity index (χ1) is 32.6. The summed E-state index contributed by atoms with van der Waals surface area (Å²) in [5, 5.41) is 7.04. The van der Waals surface area contributed by atoms with Crippen molar-refractivity contribution in [2.75, 3.05) is 43.9 Å². The van der Waals surface area contributed by atoms with Gasteiger partial charge in [0, 0.05) is 24.3 Å². The number of hydrazone groups is 1. The highest BCUT2D eigenvalue weighted by Gasteiger charge is 2.30. The molecule has 0 spiro atoms. The second-order valence-corrected chi connectivity index (χ2v) is 17.9. The topological polar surface area (TPSA) is 152 Å². The summed E-state index contributed by atoms with van der Waals surface area (Å²) in [4.78, 5) is 52.4. The van der Waals surface area contributed by atoms with Crippen molar-refractivity contribution in [3.05, 3.63) is 90.7 Å². The lowest BCUT2D eigenvalue weighted by Crippen LogP contribution is -2.28. The summed E-state index contributed by atoms with van der Waals surface area (Å²) < 4.78 is 32.2. The highest BCUT2D eigenvalue weighted by atomic mass is 35.5. The summed E-state index contributed by atoms with van der Waals surface area (Å²) in [5.74, 6) is 0.446. The van der Waals surface area contributed by atoms with Gasteiger partial charge >= 0.3 is 23.9 Å².